The normalized spacial score (nSPS) is 10.9. The average molecular weight is 319 g/mol. The summed E-state index contributed by atoms with van der Waals surface area (Å²) in [6.07, 6.45) is 1.64. The van der Waals surface area contributed by atoms with Crippen molar-refractivity contribution in [3.63, 3.8) is 0 Å². The first kappa shape index (κ1) is 15.8. The number of rotatable bonds is 6. The Bertz CT molecular complexity index is 133. The van der Waals surface area contributed by atoms with Crippen LogP contribution in [0.1, 0.15) is 26.7 Å². The maximum atomic E-state index is 11.2. The summed E-state index contributed by atoms with van der Waals surface area (Å²) < 4.78 is 20.9. The van der Waals surface area contributed by atoms with Crippen LogP contribution in [0.4, 0.5) is 0 Å². The van der Waals surface area contributed by atoms with Crippen molar-refractivity contribution in [2.24, 2.45) is 0 Å². The van der Waals surface area contributed by atoms with E-state index in [0.29, 0.717) is 13.2 Å². The summed E-state index contributed by atoms with van der Waals surface area (Å²) in [7, 11) is 0. The number of hydrogen-bond donors (Lipinski definition) is 1. The first-order valence-electron chi connectivity index (χ1n) is 3.74. The Hall–Kier alpha value is 1.30. The van der Waals surface area contributed by atoms with Gasteiger partial charge in [0.15, 0.2) is 0 Å². The second-order valence-corrected chi connectivity index (χ2v) is 5.06. The van der Waals surface area contributed by atoms with Crippen LogP contribution in [-0.4, -0.2) is 37.1 Å². The van der Waals surface area contributed by atoms with E-state index < -0.39 is 6.80 Å². The second kappa shape index (κ2) is 8.88. The summed E-state index contributed by atoms with van der Waals surface area (Å²) >= 11 is 3.77. The Morgan fingerprint density at radius 3 is 1.75 bits per heavy atom. The van der Waals surface area contributed by atoms with Crippen LogP contribution in [0.3, 0.4) is 0 Å². The molecule has 0 amide bonds. The molecule has 3 nitrogen and oxygen atoms in total. The summed E-state index contributed by atoms with van der Waals surface area (Å²) in [5, 5.41) is 0. The van der Waals surface area contributed by atoms with Gasteiger partial charge in [0.05, 0.1) is 13.2 Å². The minimum absolute atomic E-state index is 0. The van der Waals surface area contributed by atoms with Crippen molar-refractivity contribution >= 4 is 43.0 Å². The zero-order valence-electron chi connectivity index (χ0n) is 7.65. The van der Waals surface area contributed by atoms with E-state index in [2.05, 4.69) is 12.2 Å². The van der Waals surface area contributed by atoms with Crippen LogP contribution in [0.2, 0.25) is 0 Å². The molecule has 0 aromatic rings. The topological polar surface area (TPSA) is 35.5 Å². The molecule has 0 saturated carbocycles. The third-order valence-electron chi connectivity index (χ3n) is 0.917. The molecule has 0 aromatic heterocycles. The molecule has 0 spiro atoms. The Morgan fingerprint density at radius 1 is 1.17 bits per heavy atom. The van der Waals surface area contributed by atoms with Crippen molar-refractivity contribution in [3.05, 3.63) is 0 Å². The molecule has 0 unspecified atom stereocenters. The zero-order chi connectivity index (χ0) is 8.74. The van der Waals surface area contributed by atoms with Crippen molar-refractivity contribution in [1.82, 2.24) is 0 Å². The predicted molar refractivity (Wildman–Crippen MR) is 57.6 cm³/mol. The first-order chi connectivity index (χ1) is 5.12. The van der Waals surface area contributed by atoms with Crippen LogP contribution >= 0.6 is 19.0 Å². The van der Waals surface area contributed by atoms with Gasteiger partial charge in [-0.05, 0) is 12.8 Å². The molecule has 0 heterocycles. The molecular formula is C6H17O3PSSn. The van der Waals surface area contributed by atoms with Crippen molar-refractivity contribution < 1.29 is 13.6 Å². The molecule has 0 aromatic carbocycles. The van der Waals surface area contributed by atoms with E-state index >= 15 is 0 Å². The van der Waals surface area contributed by atoms with E-state index in [1.165, 1.54) is 0 Å². The van der Waals surface area contributed by atoms with Crippen LogP contribution in [0, 0.1) is 0 Å². The van der Waals surface area contributed by atoms with E-state index in [-0.39, 0.29) is 23.9 Å². The van der Waals surface area contributed by atoms with Gasteiger partial charge in [0.1, 0.15) is 0 Å². The summed E-state index contributed by atoms with van der Waals surface area (Å²) in [5.41, 5.74) is 0. The molecule has 6 heteroatoms. The van der Waals surface area contributed by atoms with E-state index in [9.17, 15) is 4.57 Å². The van der Waals surface area contributed by atoms with Crippen molar-refractivity contribution in [1.29, 1.82) is 0 Å². The van der Waals surface area contributed by atoms with E-state index in [1.807, 2.05) is 13.8 Å². The maximum absolute atomic E-state index is 11.2. The van der Waals surface area contributed by atoms with Crippen LogP contribution in [0.25, 0.3) is 0 Å². The van der Waals surface area contributed by atoms with Gasteiger partial charge >= 0.3 is 30.7 Å². The Balaban J connectivity index is 0. The standard InChI is InChI=1S/C6H15O3PS.Sn.2H/c1-3-5-8-10(7,11)9-6-4-2;;;/h3-6H2,1-2H3,(H,7,11);;;. The van der Waals surface area contributed by atoms with E-state index in [0.717, 1.165) is 12.8 Å². The van der Waals surface area contributed by atoms with Gasteiger partial charge in [-0.1, -0.05) is 26.1 Å². The fourth-order valence-corrected chi connectivity index (χ4v) is 1.84. The fraction of sp³-hybridized carbons (Fsp3) is 1.00. The van der Waals surface area contributed by atoms with E-state index in [4.69, 9.17) is 9.05 Å². The molecule has 0 rings (SSSR count). The summed E-state index contributed by atoms with van der Waals surface area (Å²) in [6.45, 7) is 1.72. The molecule has 74 valence electrons. The molecule has 12 heavy (non-hydrogen) atoms. The van der Waals surface area contributed by atoms with Gasteiger partial charge in [-0.2, -0.15) is 0 Å². The minimum atomic E-state index is -3.03. The van der Waals surface area contributed by atoms with Crippen LogP contribution in [0.5, 0.6) is 0 Å². The van der Waals surface area contributed by atoms with Crippen molar-refractivity contribution in [3.8, 4) is 0 Å². The number of hydrogen-bond acceptors (Lipinski definition) is 3. The molecule has 2 radical (unpaired) electrons. The number of thiol groups is 1. The van der Waals surface area contributed by atoms with Crippen LogP contribution in [0.15, 0.2) is 0 Å². The van der Waals surface area contributed by atoms with Crippen molar-refractivity contribution in [2.45, 2.75) is 26.7 Å². The van der Waals surface area contributed by atoms with Crippen LogP contribution < -0.4 is 0 Å². The molecule has 0 aliphatic rings. The van der Waals surface area contributed by atoms with Gasteiger partial charge in [0.2, 0.25) is 0 Å². The van der Waals surface area contributed by atoms with Gasteiger partial charge in [-0.15, -0.1) is 0 Å². The monoisotopic (exact) mass is 320 g/mol. The van der Waals surface area contributed by atoms with Gasteiger partial charge in [-0.25, -0.2) is 4.57 Å². The third kappa shape index (κ3) is 9.39. The molecule has 0 atom stereocenters. The molecular weight excluding hydrogens is 302 g/mol. The Kier molecular flexibility index (Phi) is 11.7. The quantitative estimate of drug-likeness (QED) is 0.462. The average Bonchev–Trinajstić information content (AvgIpc) is 1.97. The zero-order valence-corrected chi connectivity index (χ0v) is 13.5. The summed E-state index contributed by atoms with van der Waals surface area (Å²) in [5.74, 6) is 0. The summed E-state index contributed by atoms with van der Waals surface area (Å²) in [6, 6.07) is 0. The molecule has 0 bridgehead atoms. The Morgan fingerprint density at radius 2 is 1.50 bits per heavy atom. The molecule has 0 aliphatic carbocycles. The fourth-order valence-electron chi connectivity index (χ4n) is 0.451. The molecule has 0 fully saturated rings. The first-order valence-corrected chi connectivity index (χ1v) is 6.43. The van der Waals surface area contributed by atoms with Crippen LogP contribution in [-0.2, 0) is 13.6 Å². The molecule has 0 saturated heterocycles. The molecule has 0 N–H and O–H groups in total. The third-order valence-corrected chi connectivity index (χ3v) is 2.63. The molecule has 0 aliphatic heterocycles. The Labute approximate surface area is 96.2 Å². The predicted octanol–water partition coefficient (Wildman–Crippen LogP) is 1.96. The second-order valence-electron chi connectivity index (χ2n) is 2.14. The van der Waals surface area contributed by atoms with Gasteiger partial charge in [-0.3, -0.25) is 0 Å². The summed E-state index contributed by atoms with van der Waals surface area (Å²) in [4.78, 5) is 0. The van der Waals surface area contributed by atoms with Crippen molar-refractivity contribution in [2.75, 3.05) is 13.2 Å². The van der Waals surface area contributed by atoms with E-state index in [1.54, 1.807) is 0 Å². The SMILES string of the molecule is CCCOP(=O)(S)OCCC.[SnH2]. The van der Waals surface area contributed by atoms with Gasteiger partial charge < -0.3 is 9.05 Å². The van der Waals surface area contributed by atoms with Gasteiger partial charge in [0, 0.05) is 0 Å². The van der Waals surface area contributed by atoms with Gasteiger partial charge in [0.25, 0.3) is 0 Å².